The molecule has 0 aliphatic heterocycles. The average molecular weight is 541 g/mol. The van der Waals surface area contributed by atoms with Gasteiger partial charge in [-0.25, -0.2) is 4.39 Å². The molecule has 10 nitrogen and oxygen atoms in total. The Morgan fingerprint density at radius 3 is 2.42 bits per heavy atom. The number of halogens is 1. The van der Waals surface area contributed by atoms with Gasteiger partial charge in [0.25, 0.3) is 5.91 Å². The highest BCUT2D eigenvalue weighted by Gasteiger charge is 2.34. The fourth-order valence-electron chi connectivity index (χ4n) is 4.18. The van der Waals surface area contributed by atoms with E-state index in [4.69, 9.17) is 4.42 Å². The molecule has 0 unspecified atom stereocenters. The number of aromatic hydroxyl groups is 1. The molecule has 0 saturated heterocycles. The summed E-state index contributed by atoms with van der Waals surface area (Å²) in [5.41, 5.74) is 1.09. The summed E-state index contributed by atoms with van der Waals surface area (Å²) in [6, 6.07) is 22.9. The van der Waals surface area contributed by atoms with Crippen LogP contribution in [0.25, 0.3) is 11.6 Å². The maximum atomic E-state index is 15.2. The molecule has 2 N–H and O–H groups in total. The van der Waals surface area contributed by atoms with Gasteiger partial charge in [0.15, 0.2) is 5.76 Å². The van der Waals surface area contributed by atoms with Crippen molar-refractivity contribution in [3.63, 3.8) is 0 Å². The van der Waals surface area contributed by atoms with Crippen molar-refractivity contribution >= 4 is 17.5 Å². The van der Waals surface area contributed by atoms with Gasteiger partial charge >= 0.3 is 0 Å². The Labute approximate surface area is 228 Å². The zero-order valence-electron chi connectivity index (χ0n) is 21.4. The first-order valence-electron chi connectivity index (χ1n) is 12.4. The molecule has 40 heavy (non-hydrogen) atoms. The normalized spacial score (nSPS) is 11.7. The second-order valence-corrected chi connectivity index (χ2v) is 8.97. The van der Waals surface area contributed by atoms with Gasteiger partial charge in [-0.05, 0) is 59.7 Å². The molecule has 0 aliphatic rings. The van der Waals surface area contributed by atoms with Crippen LogP contribution in [0.5, 0.6) is 5.75 Å². The predicted octanol–water partition coefficient (Wildman–Crippen LogP) is 4.18. The Morgan fingerprint density at radius 2 is 1.73 bits per heavy atom. The molecule has 202 valence electrons. The highest BCUT2D eigenvalue weighted by Crippen LogP contribution is 2.31. The monoisotopic (exact) mass is 540 g/mol. The van der Waals surface area contributed by atoms with Crippen LogP contribution in [-0.4, -0.2) is 37.1 Å². The average Bonchev–Trinajstić information content (AvgIpc) is 3.61. The second kappa shape index (κ2) is 11.6. The number of nitrogens with one attached hydrogen (secondary N) is 1. The number of furan rings is 1. The van der Waals surface area contributed by atoms with E-state index in [1.165, 1.54) is 42.5 Å². The van der Waals surface area contributed by atoms with E-state index in [-0.39, 0.29) is 23.8 Å². The largest absolute Gasteiger partial charge is 0.508 e. The number of rotatable bonds is 9. The van der Waals surface area contributed by atoms with Crippen molar-refractivity contribution in [3.05, 3.63) is 114 Å². The molecule has 5 aromatic rings. The van der Waals surface area contributed by atoms with Gasteiger partial charge < -0.3 is 14.8 Å². The van der Waals surface area contributed by atoms with Crippen molar-refractivity contribution in [2.45, 2.75) is 26.1 Å². The number of benzene rings is 3. The maximum Gasteiger partial charge on any atom is 0.251 e. The molecule has 0 aliphatic carbocycles. The number of hydrogen-bond acceptors (Lipinski definition) is 7. The van der Waals surface area contributed by atoms with Gasteiger partial charge in [-0.15, -0.1) is 10.2 Å². The number of aromatic nitrogens is 4. The van der Waals surface area contributed by atoms with E-state index in [0.717, 1.165) is 15.3 Å². The number of hydrogen-bond donors (Lipinski definition) is 2. The summed E-state index contributed by atoms with van der Waals surface area (Å²) in [6.07, 6.45) is 0. The smallest absolute Gasteiger partial charge is 0.251 e. The number of aryl methyl sites for hydroxylation is 1. The summed E-state index contributed by atoms with van der Waals surface area (Å²) in [7, 11) is 0. The number of anilines is 1. The Hall–Kier alpha value is -5.32. The molecule has 0 bridgehead atoms. The zero-order chi connectivity index (χ0) is 28.1. The standard InChI is InChI=1S/C29H25FN6O4/c1-19-11-16-25(40-19)28-32-34-35(33-28)18-26(38)36(24-10-6-5-9-23(24)30)27(21-12-14-22(37)15-13-21)29(39)31-17-20-7-3-2-4-8-20/h2-16,27,37H,17-18H2,1H3,(H,31,39)/t27-/m0/s1. The van der Waals surface area contributed by atoms with E-state index in [2.05, 4.69) is 20.7 Å². The molecular formula is C29H25FN6O4. The van der Waals surface area contributed by atoms with Gasteiger partial charge in [-0.3, -0.25) is 14.5 Å². The zero-order valence-corrected chi connectivity index (χ0v) is 21.4. The molecule has 11 heteroatoms. The molecule has 2 amide bonds. The minimum Gasteiger partial charge on any atom is -0.508 e. The van der Waals surface area contributed by atoms with E-state index < -0.39 is 30.2 Å². The number of para-hydroxylation sites is 1. The predicted molar refractivity (Wildman–Crippen MR) is 143 cm³/mol. The van der Waals surface area contributed by atoms with Crippen LogP contribution in [0.1, 0.15) is 22.9 Å². The van der Waals surface area contributed by atoms with Crippen LogP contribution in [-0.2, 0) is 22.7 Å². The number of nitrogens with zero attached hydrogens (tertiary/aromatic N) is 5. The number of phenolic OH excluding ortho intramolecular Hbond substituents is 1. The van der Waals surface area contributed by atoms with Gasteiger partial charge in [0, 0.05) is 6.54 Å². The van der Waals surface area contributed by atoms with Crippen LogP contribution >= 0.6 is 0 Å². The summed E-state index contributed by atoms with van der Waals surface area (Å²) in [6.45, 7) is 1.52. The van der Waals surface area contributed by atoms with Crippen LogP contribution in [0.15, 0.2) is 95.4 Å². The summed E-state index contributed by atoms with van der Waals surface area (Å²) in [5.74, 6) is -0.732. The lowest BCUT2D eigenvalue weighted by atomic mass is 10.0. The third-order valence-electron chi connectivity index (χ3n) is 6.10. The minimum absolute atomic E-state index is 0.0246. The molecule has 2 heterocycles. The van der Waals surface area contributed by atoms with Crippen molar-refractivity contribution in [3.8, 4) is 17.3 Å². The Kier molecular flexibility index (Phi) is 7.63. The van der Waals surface area contributed by atoms with Gasteiger partial charge in [-0.1, -0.05) is 54.6 Å². The van der Waals surface area contributed by atoms with Gasteiger partial charge in [0.1, 0.15) is 29.9 Å². The first-order valence-corrected chi connectivity index (χ1v) is 12.4. The molecule has 5 rings (SSSR count). The fourth-order valence-corrected chi connectivity index (χ4v) is 4.18. The lowest BCUT2D eigenvalue weighted by Crippen LogP contribution is -2.45. The maximum absolute atomic E-state index is 15.2. The van der Waals surface area contributed by atoms with Gasteiger partial charge in [0.05, 0.1) is 5.69 Å². The topological polar surface area (TPSA) is 126 Å². The third kappa shape index (κ3) is 5.88. The summed E-state index contributed by atoms with van der Waals surface area (Å²) >= 11 is 0. The molecule has 1 atom stereocenters. The van der Waals surface area contributed by atoms with Crippen LogP contribution in [0.3, 0.4) is 0 Å². The first-order chi connectivity index (χ1) is 19.4. The van der Waals surface area contributed by atoms with E-state index in [9.17, 15) is 14.7 Å². The number of carbonyl (C=O) groups is 2. The lowest BCUT2D eigenvalue weighted by molar-refractivity contribution is -0.127. The fraction of sp³-hybridized carbons (Fsp3) is 0.138. The Balaban J connectivity index is 1.51. The second-order valence-electron chi connectivity index (χ2n) is 8.97. The van der Waals surface area contributed by atoms with Gasteiger partial charge in [-0.2, -0.15) is 4.80 Å². The van der Waals surface area contributed by atoms with Crippen molar-refractivity contribution in [1.29, 1.82) is 0 Å². The SMILES string of the molecule is Cc1ccc(-c2nnn(CC(=O)N(c3ccccc3F)[C@H](C(=O)NCc3ccccc3)c3ccc(O)cc3)n2)o1. The molecule has 0 radical (unpaired) electrons. The Bertz CT molecular complexity index is 1620. The Morgan fingerprint density at radius 1 is 1.00 bits per heavy atom. The number of tetrazole rings is 1. The molecule has 2 aromatic heterocycles. The van der Waals surface area contributed by atoms with E-state index in [1.54, 1.807) is 25.1 Å². The minimum atomic E-state index is -1.29. The summed E-state index contributed by atoms with van der Waals surface area (Å²) in [5, 5.41) is 24.8. The van der Waals surface area contributed by atoms with Crippen molar-refractivity contribution in [2.75, 3.05) is 4.90 Å². The molecule has 0 fully saturated rings. The molecule has 3 aromatic carbocycles. The van der Waals surface area contributed by atoms with E-state index in [0.29, 0.717) is 17.1 Å². The highest BCUT2D eigenvalue weighted by molar-refractivity contribution is 6.01. The van der Waals surface area contributed by atoms with E-state index in [1.807, 2.05) is 30.3 Å². The van der Waals surface area contributed by atoms with Crippen LogP contribution in [0.4, 0.5) is 10.1 Å². The van der Waals surface area contributed by atoms with Gasteiger partial charge in [0.2, 0.25) is 11.7 Å². The molecular weight excluding hydrogens is 515 g/mol. The number of phenols is 1. The van der Waals surface area contributed by atoms with Crippen LogP contribution in [0, 0.1) is 12.7 Å². The lowest BCUT2D eigenvalue weighted by Gasteiger charge is -2.31. The number of carbonyl (C=O) groups excluding carboxylic acids is 2. The summed E-state index contributed by atoms with van der Waals surface area (Å²) < 4.78 is 20.7. The summed E-state index contributed by atoms with van der Waals surface area (Å²) in [4.78, 5) is 29.7. The van der Waals surface area contributed by atoms with E-state index >= 15 is 4.39 Å². The first kappa shape index (κ1) is 26.3. The van der Waals surface area contributed by atoms with Crippen molar-refractivity contribution < 1.29 is 23.5 Å². The molecule has 0 spiro atoms. The third-order valence-corrected chi connectivity index (χ3v) is 6.10. The van der Waals surface area contributed by atoms with Crippen LogP contribution in [0.2, 0.25) is 0 Å². The highest BCUT2D eigenvalue weighted by atomic mass is 19.1. The van der Waals surface area contributed by atoms with Crippen molar-refractivity contribution in [2.24, 2.45) is 0 Å². The molecule has 0 saturated carbocycles. The quantitative estimate of drug-likeness (QED) is 0.287. The van der Waals surface area contributed by atoms with Crippen molar-refractivity contribution in [1.82, 2.24) is 25.5 Å². The van der Waals surface area contributed by atoms with Crippen LogP contribution < -0.4 is 10.2 Å². The number of amides is 2.